The van der Waals surface area contributed by atoms with Gasteiger partial charge in [-0.3, -0.25) is 4.79 Å². The van der Waals surface area contributed by atoms with Crippen molar-refractivity contribution in [2.24, 2.45) is 0 Å². The number of hydrogen-bond acceptors (Lipinski definition) is 3. The highest BCUT2D eigenvalue weighted by atomic mass is 79.9. The number of ether oxygens (including phenoxy) is 2. The van der Waals surface area contributed by atoms with Crippen molar-refractivity contribution in [2.45, 2.75) is 128 Å². The van der Waals surface area contributed by atoms with Crippen LogP contribution in [0.25, 0.3) is 28.3 Å². The van der Waals surface area contributed by atoms with E-state index in [0.717, 1.165) is 69.5 Å². The zero-order valence-electron chi connectivity index (χ0n) is 49.3. The molecule has 0 aliphatic heterocycles. The summed E-state index contributed by atoms with van der Waals surface area (Å²) in [5, 5.41) is 0. The first kappa shape index (κ1) is 64.6. The standard InChI is InChI=1S/C41H39BrO.C40H37BrO2.2CH4/c1-2-31-19-24-35(25-20-31)43-36-26-21-32(22-27-36)14-8-5-3-4-6-13-29-41(33-15-9-7-10-16-33)39-18-12-11-17-37(39)38-28-23-34(42)30-40(38)41;41-33-21-26-37-36-15-9-10-16-38(36)40(39(37)28-33,32-13-7-5-8-14-32)27-11-4-2-1-3-6-12-30-17-22-34(23-18-30)43-35-24-19-31(29-42)20-25-35;;/h2,7,9-12,15-28,30H,1,3-6,8,13-14,29H2;5,7-10,13-26,28-29H,1-4,6,11-12,27H2;2*1H4. The Balaban J connectivity index is 0.000000205. The number of fused-ring (bicyclic) bond motifs is 6. The number of aldehydes is 1. The lowest BCUT2D eigenvalue weighted by molar-refractivity contribution is 0.112. The Labute approximate surface area is 542 Å². The fourth-order valence-electron chi connectivity index (χ4n) is 13.4. The Morgan fingerprint density at radius 1 is 0.341 bits per heavy atom. The molecule has 0 N–H and O–H groups in total. The Morgan fingerprint density at radius 2 is 0.670 bits per heavy atom. The molecule has 88 heavy (non-hydrogen) atoms. The van der Waals surface area contributed by atoms with Gasteiger partial charge in [0.1, 0.15) is 29.3 Å². The molecule has 2 aliphatic carbocycles. The molecule has 0 saturated carbocycles. The van der Waals surface area contributed by atoms with E-state index in [1.165, 1.54) is 144 Å². The molecule has 448 valence electrons. The molecule has 0 spiro atoms. The molecule has 2 atom stereocenters. The molecule has 0 aromatic heterocycles. The van der Waals surface area contributed by atoms with E-state index in [9.17, 15) is 4.79 Å². The predicted octanol–water partition coefficient (Wildman–Crippen LogP) is 24.8. The summed E-state index contributed by atoms with van der Waals surface area (Å²) in [5.41, 5.74) is 18.4. The molecule has 2 unspecified atom stereocenters. The first-order valence-corrected chi connectivity index (χ1v) is 32.7. The van der Waals surface area contributed by atoms with E-state index in [4.69, 9.17) is 9.47 Å². The van der Waals surface area contributed by atoms with Crippen molar-refractivity contribution < 1.29 is 14.3 Å². The summed E-state index contributed by atoms with van der Waals surface area (Å²) < 4.78 is 14.2. The molecule has 10 aromatic rings. The Bertz CT molecular complexity index is 3570. The topological polar surface area (TPSA) is 35.5 Å². The molecule has 12 rings (SSSR count). The highest BCUT2D eigenvalue weighted by Crippen LogP contribution is 2.57. The minimum atomic E-state index is -0.105. The molecule has 0 bridgehead atoms. The van der Waals surface area contributed by atoms with Gasteiger partial charge < -0.3 is 9.47 Å². The van der Waals surface area contributed by atoms with Crippen molar-refractivity contribution in [3.8, 4) is 45.3 Å². The van der Waals surface area contributed by atoms with Crippen molar-refractivity contribution in [3.05, 3.63) is 314 Å². The lowest BCUT2D eigenvalue weighted by Crippen LogP contribution is -2.27. The zero-order valence-corrected chi connectivity index (χ0v) is 52.4. The van der Waals surface area contributed by atoms with Crippen molar-refractivity contribution in [3.63, 3.8) is 0 Å². The van der Waals surface area contributed by atoms with Crippen LogP contribution in [0.4, 0.5) is 0 Å². The molecule has 10 aromatic carbocycles. The third kappa shape index (κ3) is 15.0. The maximum atomic E-state index is 10.8. The number of benzene rings is 10. The Kier molecular flexibility index (Phi) is 23.0. The molecule has 5 heteroatoms. The van der Waals surface area contributed by atoms with Crippen LogP contribution in [-0.4, -0.2) is 6.29 Å². The van der Waals surface area contributed by atoms with Crippen molar-refractivity contribution >= 4 is 44.2 Å². The van der Waals surface area contributed by atoms with Crippen LogP contribution in [0.15, 0.2) is 258 Å². The number of halogens is 2. The summed E-state index contributed by atoms with van der Waals surface area (Å²) in [6.45, 7) is 3.80. The second-order valence-corrected chi connectivity index (χ2v) is 25.0. The van der Waals surface area contributed by atoms with Crippen LogP contribution >= 0.6 is 31.9 Å². The molecule has 2 aliphatic rings. The van der Waals surface area contributed by atoms with E-state index in [1.807, 2.05) is 54.6 Å². The minimum Gasteiger partial charge on any atom is -0.457 e. The lowest BCUT2D eigenvalue weighted by atomic mass is 9.69. The van der Waals surface area contributed by atoms with E-state index >= 15 is 0 Å². The van der Waals surface area contributed by atoms with Gasteiger partial charge in [-0.05, 0) is 196 Å². The maximum absolute atomic E-state index is 10.8. The van der Waals surface area contributed by atoms with Gasteiger partial charge in [-0.1, -0.05) is 281 Å². The number of rotatable bonds is 26. The third-order valence-corrected chi connectivity index (χ3v) is 18.7. The number of aryl methyl sites for hydroxylation is 2. The van der Waals surface area contributed by atoms with Crippen molar-refractivity contribution in [1.29, 1.82) is 0 Å². The molecule has 0 saturated heterocycles. The molecule has 0 amide bonds. The molecule has 3 nitrogen and oxygen atoms in total. The fourth-order valence-corrected chi connectivity index (χ4v) is 14.2. The minimum absolute atomic E-state index is 0. The lowest BCUT2D eigenvalue weighted by Gasteiger charge is -2.33. The Hall–Kier alpha value is -7.83. The third-order valence-electron chi connectivity index (χ3n) is 17.8. The van der Waals surface area contributed by atoms with E-state index in [2.05, 4.69) is 220 Å². The van der Waals surface area contributed by atoms with Gasteiger partial charge in [0.05, 0.1) is 0 Å². The molecular weight excluding hydrogens is 1200 g/mol. The number of hydrogen-bond donors (Lipinski definition) is 0. The number of carbonyl (C=O) groups is 1. The first-order valence-electron chi connectivity index (χ1n) is 31.1. The second-order valence-electron chi connectivity index (χ2n) is 23.2. The highest BCUT2D eigenvalue weighted by Gasteiger charge is 2.45. The number of unbranched alkanes of at least 4 members (excludes halogenated alkanes) is 10. The predicted molar refractivity (Wildman–Crippen MR) is 379 cm³/mol. The van der Waals surface area contributed by atoms with Gasteiger partial charge in [0.25, 0.3) is 0 Å². The first-order chi connectivity index (χ1) is 42.3. The van der Waals surface area contributed by atoms with Gasteiger partial charge in [-0.2, -0.15) is 0 Å². The van der Waals surface area contributed by atoms with Crippen LogP contribution in [0.2, 0.25) is 0 Å². The number of carbonyl (C=O) groups excluding carboxylic acids is 1. The summed E-state index contributed by atoms with van der Waals surface area (Å²) in [5.74, 6) is 3.28. The van der Waals surface area contributed by atoms with Crippen LogP contribution in [-0.2, 0) is 23.7 Å². The van der Waals surface area contributed by atoms with Crippen LogP contribution in [0, 0.1) is 0 Å². The van der Waals surface area contributed by atoms with E-state index < -0.39 is 0 Å². The SMILES string of the molecule is C.C.C=Cc1ccc(Oc2ccc(CCCCCCCCC3(c4ccccc4)c4ccccc4-c4ccc(Br)cc43)cc2)cc1.O=Cc1ccc(Oc2ccc(CCCCCCCCC3(c4ccccc4)c4ccccc4-c4ccc(Br)cc43)cc2)cc1. The van der Waals surface area contributed by atoms with E-state index in [1.54, 1.807) is 12.1 Å². The van der Waals surface area contributed by atoms with Crippen LogP contribution in [0.1, 0.15) is 165 Å². The second kappa shape index (κ2) is 31.4. The van der Waals surface area contributed by atoms with Gasteiger partial charge in [0.15, 0.2) is 0 Å². The van der Waals surface area contributed by atoms with Crippen LogP contribution < -0.4 is 9.47 Å². The van der Waals surface area contributed by atoms with Gasteiger partial charge in [0, 0.05) is 25.3 Å². The monoisotopic (exact) mass is 1290 g/mol. The van der Waals surface area contributed by atoms with Gasteiger partial charge in [0.2, 0.25) is 0 Å². The van der Waals surface area contributed by atoms with Crippen molar-refractivity contribution in [1.82, 2.24) is 0 Å². The average molecular weight is 1290 g/mol. The van der Waals surface area contributed by atoms with Crippen molar-refractivity contribution in [2.75, 3.05) is 0 Å². The molecular formula is C83H84Br2O3. The van der Waals surface area contributed by atoms with Crippen LogP contribution in [0.5, 0.6) is 23.0 Å². The maximum Gasteiger partial charge on any atom is 0.150 e. The highest BCUT2D eigenvalue weighted by molar-refractivity contribution is 9.10. The van der Waals surface area contributed by atoms with Gasteiger partial charge in [-0.15, -0.1) is 0 Å². The quantitative estimate of drug-likeness (QED) is 0.0400. The van der Waals surface area contributed by atoms with Crippen LogP contribution in [0.3, 0.4) is 0 Å². The molecule has 0 heterocycles. The smallest absolute Gasteiger partial charge is 0.150 e. The summed E-state index contributed by atoms with van der Waals surface area (Å²) in [4.78, 5) is 10.8. The summed E-state index contributed by atoms with van der Waals surface area (Å²) >= 11 is 7.55. The molecule has 0 fully saturated rings. The van der Waals surface area contributed by atoms with E-state index in [0.29, 0.717) is 5.56 Å². The normalized spacial score (nSPS) is 14.8. The summed E-state index contributed by atoms with van der Waals surface area (Å²) in [6, 6.07) is 86.1. The zero-order chi connectivity index (χ0) is 59.0. The molecule has 0 radical (unpaired) electrons. The average Bonchev–Trinajstić information content (AvgIpc) is 1.64. The van der Waals surface area contributed by atoms with E-state index in [-0.39, 0.29) is 25.7 Å². The summed E-state index contributed by atoms with van der Waals surface area (Å²) in [6.07, 6.45) is 22.2. The Morgan fingerprint density at radius 3 is 1.06 bits per heavy atom. The van der Waals surface area contributed by atoms with Gasteiger partial charge >= 0.3 is 0 Å². The van der Waals surface area contributed by atoms with Gasteiger partial charge in [-0.25, -0.2) is 0 Å². The summed E-state index contributed by atoms with van der Waals surface area (Å²) in [7, 11) is 0. The fraction of sp³-hybridized carbons (Fsp3) is 0.241. The largest absolute Gasteiger partial charge is 0.457 e.